The monoisotopic (exact) mass is 618 g/mol. The van der Waals surface area contributed by atoms with E-state index in [9.17, 15) is 0 Å². The van der Waals surface area contributed by atoms with Crippen LogP contribution in [0.15, 0.2) is 129 Å². The molecular formula is C30H21Br3. The maximum Gasteiger partial charge on any atom is 0.0453 e. The lowest BCUT2D eigenvalue weighted by Gasteiger charge is -2.38. The second-order valence-corrected chi connectivity index (χ2v) is 11.1. The van der Waals surface area contributed by atoms with Crippen molar-refractivity contribution in [1.29, 1.82) is 0 Å². The molecule has 3 heteroatoms. The average molecular weight is 621 g/mol. The van der Waals surface area contributed by atoms with Crippen molar-refractivity contribution < 1.29 is 0 Å². The van der Waals surface area contributed by atoms with Crippen LogP contribution < -0.4 is 0 Å². The van der Waals surface area contributed by atoms with Gasteiger partial charge in [0.1, 0.15) is 0 Å². The van der Waals surface area contributed by atoms with E-state index < -0.39 is 0 Å². The second-order valence-electron chi connectivity index (χ2n) is 8.24. The molecule has 0 saturated heterocycles. The fourth-order valence-corrected chi connectivity index (χ4v) is 6.81. The molecule has 162 valence electrons. The third-order valence-electron chi connectivity index (χ3n) is 6.17. The second kappa shape index (κ2) is 9.58. The van der Waals surface area contributed by atoms with Gasteiger partial charge in [0.05, 0.1) is 0 Å². The number of allylic oxidation sites excluding steroid dienone is 4. The lowest BCUT2D eigenvalue weighted by atomic mass is 9.66. The van der Waals surface area contributed by atoms with Crippen molar-refractivity contribution in [2.24, 2.45) is 0 Å². The van der Waals surface area contributed by atoms with Crippen LogP contribution in [-0.4, -0.2) is 0 Å². The molecule has 0 aromatic heterocycles. The van der Waals surface area contributed by atoms with Crippen molar-refractivity contribution in [2.45, 2.75) is 11.8 Å². The normalized spacial score (nSPS) is 17.9. The molecule has 5 rings (SSSR count). The van der Waals surface area contributed by atoms with Crippen LogP contribution in [0.5, 0.6) is 0 Å². The minimum atomic E-state index is -0.367. The van der Waals surface area contributed by atoms with E-state index in [2.05, 4.69) is 163 Å². The number of rotatable bonds is 4. The number of benzene rings is 4. The Kier molecular flexibility index (Phi) is 6.56. The van der Waals surface area contributed by atoms with E-state index in [4.69, 9.17) is 0 Å². The molecule has 0 fully saturated rings. The van der Waals surface area contributed by atoms with E-state index in [1.807, 2.05) is 0 Å². The summed E-state index contributed by atoms with van der Waals surface area (Å²) < 4.78 is 3.31. The van der Waals surface area contributed by atoms with Crippen LogP contribution >= 0.6 is 47.8 Å². The fourth-order valence-electron chi connectivity index (χ4n) is 4.78. The lowest BCUT2D eigenvalue weighted by molar-refractivity contribution is 0.645. The Hall–Kier alpha value is -2.20. The number of halogens is 3. The highest BCUT2D eigenvalue weighted by Gasteiger charge is 2.39. The van der Waals surface area contributed by atoms with Crippen molar-refractivity contribution in [3.05, 3.63) is 140 Å². The Morgan fingerprint density at radius 2 is 1.15 bits per heavy atom. The van der Waals surface area contributed by atoms with Crippen molar-refractivity contribution >= 4 is 47.8 Å². The molecule has 0 N–H and O–H groups in total. The van der Waals surface area contributed by atoms with Crippen LogP contribution in [0.3, 0.4) is 0 Å². The number of hydrogen-bond acceptors (Lipinski definition) is 0. The van der Waals surface area contributed by atoms with E-state index in [0.717, 1.165) is 15.4 Å². The molecule has 0 nitrogen and oxygen atoms in total. The fraction of sp³-hybridized carbons (Fsp3) is 0.0667. The third-order valence-corrected chi connectivity index (χ3v) is 7.63. The Bertz CT molecular complexity index is 1350. The zero-order valence-corrected chi connectivity index (χ0v) is 22.6. The van der Waals surface area contributed by atoms with Crippen molar-refractivity contribution in [2.75, 3.05) is 0 Å². The topological polar surface area (TPSA) is 0 Å². The smallest absolute Gasteiger partial charge is 0.0453 e. The van der Waals surface area contributed by atoms with Gasteiger partial charge in [-0.2, -0.15) is 0 Å². The summed E-state index contributed by atoms with van der Waals surface area (Å²) >= 11 is 11.4. The zero-order valence-electron chi connectivity index (χ0n) is 17.8. The summed E-state index contributed by atoms with van der Waals surface area (Å²) in [5.74, 6) is 0. The molecular weight excluding hydrogens is 600 g/mol. The van der Waals surface area contributed by atoms with E-state index in [0.29, 0.717) is 0 Å². The van der Waals surface area contributed by atoms with Crippen molar-refractivity contribution in [3.8, 4) is 22.3 Å². The first-order chi connectivity index (χ1) is 16.1. The maximum absolute atomic E-state index is 3.86. The van der Waals surface area contributed by atoms with Crippen LogP contribution in [0.1, 0.15) is 17.5 Å². The lowest BCUT2D eigenvalue weighted by Crippen LogP contribution is -2.29. The molecule has 0 amide bonds. The van der Waals surface area contributed by atoms with Gasteiger partial charge in [0, 0.05) is 14.4 Å². The Balaban J connectivity index is 1.85. The number of hydrogen-bond donors (Lipinski definition) is 0. The molecule has 1 aliphatic carbocycles. The first-order valence-corrected chi connectivity index (χ1v) is 13.2. The summed E-state index contributed by atoms with van der Waals surface area (Å²) in [5.41, 5.74) is 7.11. The van der Waals surface area contributed by atoms with Crippen LogP contribution in [0.2, 0.25) is 0 Å². The molecule has 1 atom stereocenters. The van der Waals surface area contributed by atoms with Crippen molar-refractivity contribution in [3.63, 3.8) is 0 Å². The van der Waals surface area contributed by atoms with Crippen molar-refractivity contribution in [1.82, 2.24) is 0 Å². The molecule has 1 aliphatic rings. The van der Waals surface area contributed by atoms with Gasteiger partial charge >= 0.3 is 0 Å². The standard InChI is InChI=1S/C30H21Br3/c31-23-15-16-27(22-11-5-2-6-12-22)29(18-23)30(19-24(32)17-25(33)20-30)28-14-8-7-13-26(28)21-9-3-1-4-10-21/h1-19H,20H2. The molecule has 0 saturated carbocycles. The quantitative estimate of drug-likeness (QED) is 0.213. The summed E-state index contributed by atoms with van der Waals surface area (Å²) in [7, 11) is 0. The first kappa shape index (κ1) is 22.6. The molecule has 0 heterocycles. The average Bonchev–Trinajstić information content (AvgIpc) is 2.84. The SMILES string of the molecule is BrC1=CC(c2ccccc2-c2ccccc2)(c2cc(Br)ccc2-c2ccccc2)CC(Br)=C1. The molecule has 0 aliphatic heterocycles. The van der Waals surface area contributed by atoms with Gasteiger partial charge in [-0.25, -0.2) is 0 Å². The minimum absolute atomic E-state index is 0.367. The van der Waals surface area contributed by atoms with Gasteiger partial charge in [-0.05, 0) is 62.5 Å². The van der Waals surface area contributed by atoms with Crippen LogP contribution in [0.4, 0.5) is 0 Å². The Morgan fingerprint density at radius 3 is 1.79 bits per heavy atom. The summed E-state index contributed by atoms with van der Waals surface area (Å²) in [6, 6.07) is 36.8. The largest absolute Gasteiger partial charge is 0.0622 e. The highest BCUT2D eigenvalue weighted by atomic mass is 79.9. The molecule has 0 bridgehead atoms. The van der Waals surface area contributed by atoms with Gasteiger partial charge in [-0.15, -0.1) is 0 Å². The van der Waals surface area contributed by atoms with Gasteiger partial charge in [-0.3, -0.25) is 0 Å². The highest BCUT2D eigenvalue weighted by Crippen LogP contribution is 2.51. The Morgan fingerprint density at radius 1 is 0.576 bits per heavy atom. The molecule has 1 unspecified atom stereocenters. The minimum Gasteiger partial charge on any atom is -0.0622 e. The summed E-state index contributed by atoms with van der Waals surface area (Å²) in [5, 5.41) is 0. The van der Waals surface area contributed by atoms with Gasteiger partial charge in [0.15, 0.2) is 0 Å². The predicted octanol–water partition coefficient (Wildman–Crippen LogP) is 10.0. The summed E-state index contributed by atoms with van der Waals surface area (Å²) in [6.07, 6.45) is 5.36. The molecule has 33 heavy (non-hydrogen) atoms. The van der Waals surface area contributed by atoms with E-state index in [1.165, 1.54) is 37.9 Å². The van der Waals surface area contributed by atoms with Crippen LogP contribution in [0, 0.1) is 0 Å². The van der Waals surface area contributed by atoms with E-state index in [1.54, 1.807) is 0 Å². The maximum atomic E-state index is 3.86. The predicted molar refractivity (Wildman–Crippen MR) is 151 cm³/mol. The first-order valence-electron chi connectivity index (χ1n) is 10.8. The van der Waals surface area contributed by atoms with Crippen LogP contribution in [-0.2, 0) is 5.41 Å². The molecule has 0 radical (unpaired) electrons. The molecule has 4 aromatic rings. The third kappa shape index (κ3) is 4.47. The molecule has 0 spiro atoms. The molecule has 4 aromatic carbocycles. The summed E-state index contributed by atoms with van der Waals surface area (Å²) in [4.78, 5) is 0. The van der Waals surface area contributed by atoms with Gasteiger partial charge in [0.25, 0.3) is 0 Å². The van der Waals surface area contributed by atoms with Gasteiger partial charge in [-0.1, -0.05) is 145 Å². The van der Waals surface area contributed by atoms with Gasteiger partial charge < -0.3 is 0 Å². The highest BCUT2D eigenvalue weighted by molar-refractivity contribution is 9.12. The van der Waals surface area contributed by atoms with Crippen LogP contribution in [0.25, 0.3) is 22.3 Å². The van der Waals surface area contributed by atoms with E-state index in [-0.39, 0.29) is 5.41 Å². The zero-order chi connectivity index (χ0) is 22.8. The summed E-state index contributed by atoms with van der Waals surface area (Å²) in [6.45, 7) is 0. The van der Waals surface area contributed by atoms with Gasteiger partial charge in [0.2, 0.25) is 0 Å². The van der Waals surface area contributed by atoms with E-state index >= 15 is 0 Å². The Labute approximate surface area is 220 Å².